The lowest BCUT2D eigenvalue weighted by atomic mass is 10.0. The zero-order chi connectivity index (χ0) is 14.6. The van der Waals surface area contributed by atoms with Crippen LogP contribution in [-0.4, -0.2) is 24.4 Å². The minimum Gasteiger partial charge on any atom is -0.406 e. The molecule has 0 spiro atoms. The molecule has 0 saturated carbocycles. The summed E-state index contributed by atoms with van der Waals surface area (Å²) in [7, 11) is 0. The van der Waals surface area contributed by atoms with Gasteiger partial charge in [0.25, 0.3) is 0 Å². The van der Waals surface area contributed by atoms with Gasteiger partial charge in [-0.2, -0.15) is 5.26 Å². The van der Waals surface area contributed by atoms with Crippen LogP contribution in [0.15, 0.2) is 24.3 Å². The molecule has 0 aromatic heterocycles. The Kier molecular flexibility index (Phi) is 4.50. The molecule has 1 saturated heterocycles. The van der Waals surface area contributed by atoms with Gasteiger partial charge in [0.15, 0.2) is 0 Å². The zero-order valence-corrected chi connectivity index (χ0v) is 10.9. The van der Waals surface area contributed by atoms with Gasteiger partial charge in [-0.3, -0.25) is 4.90 Å². The summed E-state index contributed by atoms with van der Waals surface area (Å²) in [5.41, 5.74) is 0.538. The average Bonchev–Trinajstić information content (AvgIpc) is 2.39. The molecule has 1 aromatic carbocycles. The van der Waals surface area contributed by atoms with Gasteiger partial charge in [0.1, 0.15) is 11.8 Å². The maximum Gasteiger partial charge on any atom is 0.573 e. The highest BCUT2D eigenvalue weighted by Gasteiger charge is 2.31. The molecule has 1 atom stereocenters. The Hall–Kier alpha value is -1.74. The molecule has 0 radical (unpaired) electrons. The fourth-order valence-electron chi connectivity index (χ4n) is 2.43. The van der Waals surface area contributed by atoms with Crippen LogP contribution in [0.3, 0.4) is 0 Å². The number of halogens is 3. The number of piperidine rings is 1. The van der Waals surface area contributed by atoms with E-state index in [1.807, 2.05) is 4.90 Å². The Bertz CT molecular complexity index is 490. The summed E-state index contributed by atoms with van der Waals surface area (Å²) in [4.78, 5) is 2.00. The smallest absolute Gasteiger partial charge is 0.406 e. The molecule has 1 fully saturated rings. The van der Waals surface area contributed by atoms with Crippen molar-refractivity contribution < 1.29 is 17.9 Å². The maximum absolute atomic E-state index is 12.2. The van der Waals surface area contributed by atoms with Crippen molar-refractivity contribution in [2.75, 3.05) is 13.1 Å². The number of nitrogens with zero attached hydrogens (tertiary/aromatic N) is 2. The molecule has 1 heterocycles. The number of nitriles is 1. The number of ether oxygens (including phenoxy) is 1. The third-order valence-corrected chi connectivity index (χ3v) is 3.29. The molecule has 3 nitrogen and oxygen atoms in total. The second-order valence-corrected chi connectivity index (χ2v) is 4.75. The van der Waals surface area contributed by atoms with E-state index in [0.717, 1.165) is 32.4 Å². The maximum atomic E-state index is 12.2. The van der Waals surface area contributed by atoms with Crippen LogP contribution in [0.5, 0.6) is 5.75 Å². The van der Waals surface area contributed by atoms with E-state index in [2.05, 4.69) is 10.8 Å². The quantitative estimate of drug-likeness (QED) is 0.850. The number of likely N-dealkylation sites (tertiary alicyclic amines) is 1. The minimum atomic E-state index is -4.72. The fraction of sp³-hybridized carbons (Fsp3) is 0.500. The predicted octanol–water partition coefficient (Wildman–Crippen LogP) is 3.64. The van der Waals surface area contributed by atoms with E-state index in [0.29, 0.717) is 5.56 Å². The highest BCUT2D eigenvalue weighted by atomic mass is 19.4. The minimum absolute atomic E-state index is 0.285. The molecule has 2 rings (SSSR count). The Morgan fingerprint density at radius 1 is 1.20 bits per heavy atom. The molecule has 20 heavy (non-hydrogen) atoms. The van der Waals surface area contributed by atoms with Crippen LogP contribution >= 0.6 is 0 Å². The van der Waals surface area contributed by atoms with Crippen LogP contribution in [0.1, 0.15) is 30.9 Å². The first-order chi connectivity index (χ1) is 9.49. The van der Waals surface area contributed by atoms with Crippen molar-refractivity contribution in [3.63, 3.8) is 0 Å². The third-order valence-electron chi connectivity index (χ3n) is 3.29. The van der Waals surface area contributed by atoms with Gasteiger partial charge in [0, 0.05) is 0 Å². The Balaban J connectivity index is 2.17. The van der Waals surface area contributed by atoms with Crippen LogP contribution in [0.25, 0.3) is 0 Å². The predicted molar refractivity (Wildman–Crippen MR) is 66.9 cm³/mol. The highest BCUT2D eigenvalue weighted by molar-refractivity contribution is 5.33. The van der Waals surface area contributed by atoms with Crippen LogP contribution < -0.4 is 4.74 Å². The molecule has 0 amide bonds. The summed E-state index contributed by atoms with van der Waals surface area (Å²) < 4.78 is 40.5. The first-order valence-electron chi connectivity index (χ1n) is 6.49. The lowest BCUT2D eigenvalue weighted by Gasteiger charge is -2.30. The SMILES string of the molecule is N#CC(c1cccc(OC(F)(F)F)c1)N1CCCCC1. The van der Waals surface area contributed by atoms with E-state index < -0.39 is 12.4 Å². The number of hydrogen-bond acceptors (Lipinski definition) is 3. The summed E-state index contributed by atoms with van der Waals surface area (Å²) in [6, 6.07) is 7.31. The van der Waals surface area contributed by atoms with Crippen LogP contribution in [0.2, 0.25) is 0 Å². The summed E-state index contributed by atoms with van der Waals surface area (Å²) in [5, 5.41) is 9.30. The molecule has 1 aliphatic heterocycles. The molecule has 0 bridgehead atoms. The molecule has 1 unspecified atom stereocenters. The molecule has 6 heteroatoms. The second kappa shape index (κ2) is 6.14. The van der Waals surface area contributed by atoms with Gasteiger partial charge in [-0.05, 0) is 43.6 Å². The second-order valence-electron chi connectivity index (χ2n) is 4.75. The molecular formula is C14H15F3N2O. The van der Waals surface area contributed by atoms with E-state index >= 15 is 0 Å². The Labute approximate surface area is 115 Å². The highest BCUT2D eigenvalue weighted by Crippen LogP contribution is 2.29. The summed E-state index contributed by atoms with van der Waals surface area (Å²) in [6.45, 7) is 1.59. The number of benzene rings is 1. The van der Waals surface area contributed by atoms with E-state index in [1.54, 1.807) is 6.07 Å². The molecule has 1 aromatic rings. The number of hydrogen-bond donors (Lipinski definition) is 0. The zero-order valence-electron chi connectivity index (χ0n) is 10.9. The van der Waals surface area contributed by atoms with E-state index in [-0.39, 0.29) is 5.75 Å². The summed E-state index contributed by atoms with van der Waals surface area (Å²) >= 11 is 0. The van der Waals surface area contributed by atoms with Gasteiger partial charge in [-0.25, -0.2) is 0 Å². The molecule has 1 aliphatic rings. The number of rotatable bonds is 3. The first-order valence-corrected chi connectivity index (χ1v) is 6.49. The largest absolute Gasteiger partial charge is 0.573 e. The fourth-order valence-corrected chi connectivity index (χ4v) is 2.43. The van der Waals surface area contributed by atoms with Crippen molar-refractivity contribution >= 4 is 0 Å². The van der Waals surface area contributed by atoms with Crippen LogP contribution in [0.4, 0.5) is 13.2 Å². The normalized spacial score (nSPS) is 18.3. The summed E-state index contributed by atoms with van der Waals surface area (Å²) in [6.07, 6.45) is -1.56. The first kappa shape index (κ1) is 14.7. The van der Waals surface area contributed by atoms with Gasteiger partial charge >= 0.3 is 6.36 Å². The van der Waals surface area contributed by atoms with Crippen molar-refractivity contribution in [2.45, 2.75) is 31.7 Å². The van der Waals surface area contributed by atoms with Gasteiger partial charge < -0.3 is 4.74 Å². The van der Waals surface area contributed by atoms with E-state index in [1.165, 1.54) is 18.2 Å². The monoisotopic (exact) mass is 284 g/mol. The van der Waals surface area contributed by atoms with Crippen molar-refractivity contribution in [1.82, 2.24) is 4.90 Å². The summed E-state index contributed by atoms with van der Waals surface area (Å²) in [5.74, 6) is -0.285. The lowest BCUT2D eigenvalue weighted by molar-refractivity contribution is -0.274. The standard InChI is InChI=1S/C14H15F3N2O/c15-14(16,17)20-12-6-4-5-11(9-12)13(10-18)19-7-2-1-3-8-19/h4-6,9,13H,1-3,7-8H2. The van der Waals surface area contributed by atoms with Gasteiger partial charge in [-0.15, -0.1) is 13.2 Å². The average molecular weight is 284 g/mol. The molecule has 108 valence electrons. The van der Waals surface area contributed by atoms with E-state index in [4.69, 9.17) is 0 Å². The topological polar surface area (TPSA) is 36.3 Å². The van der Waals surface area contributed by atoms with Crippen LogP contribution in [0, 0.1) is 11.3 Å². The lowest BCUT2D eigenvalue weighted by Crippen LogP contribution is -2.33. The van der Waals surface area contributed by atoms with Gasteiger partial charge in [0.2, 0.25) is 0 Å². The van der Waals surface area contributed by atoms with E-state index in [9.17, 15) is 18.4 Å². The molecule has 0 N–H and O–H groups in total. The Morgan fingerprint density at radius 3 is 2.50 bits per heavy atom. The van der Waals surface area contributed by atoms with Crippen molar-refractivity contribution in [3.8, 4) is 11.8 Å². The third kappa shape index (κ3) is 3.87. The van der Waals surface area contributed by atoms with Crippen molar-refractivity contribution in [3.05, 3.63) is 29.8 Å². The number of alkyl halides is 3. The van der Waals surface area contributed by atoms with Crippen molar-refractivity contribution in [1.29, 1.82) is 5.26 Å². The molecule has 0 aliphatic carbocycles. The molecular weight excluding hydrogens is 269 g/mol. The Morgan fingerprint density at radius 2 is 1.90 bits per heavy atom. The van der Waals surface area contributed by atoms with Gasteiger partial charge in [0.05, 0.1) is 6.07 Å². The van der Waals surface area contributed by atoms with Gasteiger partial charge in [-0.1, -0.05) is 18.6 Å². The van der Waals surface area contributed by atoms with Crippen molar-refractivity contribution in [2.24, 2.45) is 0 Å². The van der Waals surface area contributed by atoms with Crippen LogP contribution in [-0.2, 0) is 0 Å².